The van der Waals surface area contributed by atoms with Crippen molar-refractivity contribution in [3.05, 3.63) is 113 Å². The predicted molar refractivity (Wildman–Crippen MR) is 158 cm³/mol. The zero-order valence-corrected chi connectivity index (χ0v) is 23.8. The molecule has 0 radical (unpaired) electrons. The van der Waals surface area contributed by atoms with Gasteiger partial charge in [-0.25, -0.2) is 19.2 Å². The fourth-order valence-electron chi connectivity index (χ4n) is 5.44. The number of rotatable bonds is 8. The molecule has 1 saturated heterocycles. The number of nitriles is 1. The van der Waals surface area contributed by atoms with E-state index in [1.165, 1.54) is 12.1 Å². The van der Waals surface area contributed by atoms with Crippen molar-refractivity contribution in [2.75, 3.05) is 13.2 Å². The number of hydrogen-bond donors (Lipinski definition) is 1. The molecule has 1 aliphatic heterocycles. The number of fused-ring (bicyclic) bond motifs is 1. The molecule has 6 rings (SSSR count). The van der Waals surface area contributed by atoms with Crippen LogP contribution in [-0.2, 0) is 17.8 Å². The van der Waals surface area contributed by atoms with Gasteiger partial charge in [0, 0.05) is 23.5 Å². The molecule has 0 bridgehead atoms. The molecule has 5 aromatic rings. The largest absolute Gasteiger partial charge is 0.478 e. The lowest BCUT2D eigenvalue weighted by Crippen LogP contribution is -2.27. The quantitative estimate of drug-likeness (QED) is 0.222. The highest BCUT2D eigenvalue weighted by atomic mass is 19.1. The van der Waals surface area contributed by atoms with Gasteiger partial charge in [-0.1, -0.05) is 44.2 Å². The van der Waals surface area contributed by atoms with Crippen molar-refractivity contribution in [3.8, 4) is 23.2 Å². The fraction of sp³-hybridized carbons (Fsp3) is 0.235. The molecule has 1 aliphatic rings. The fourth-order valence-corrected chi connectivity index (χ4v) is 5.44. The number of imidazole rings is 1. The molecule has 0 aliphatic carbocycles. The average molecular weight is 577 g/mol. The van der Waals surface area contributed by atoms with Gasteiger partial charge < -0.3 is 19.1 Å². The minimum absolute atomic E-state index is 0.0879. The molecule has 0 saturated carbocycles. The lowest BCUT2D eigenvalue weighted by Gasteiger charge is -2.28. The number of halogens is 1. The lowest BCUT2D eigenvalue weighted by molar-refractivity contribution is 0.0697. The van der Waals surface area contributed by atoms with Crippen molar-refractivity contribution < 1.29 is 23.8 Å². The highest BCUT2D eigenvalue weighted by molar-refractivity contribution is 5.92. The van der Waals surface area contributed by atoms with Gasteiger partial charge >= 0.3 is 5.97 Å². The van der Waals surface area contributed by atoms with E-state index in [1.807, 2.05) is 22.8 Å². The highest BCUT2D eigenvalue weighted by Crippen LogP contribution is 2.40. The Hall–Kier alpha value is -5.07. The van der Waals surface area contributed by atoms with Crippen molar-refractivity contribution in [2.45, 2.75) is 32.9 Å². The summed E-state index contributed by atoms with van der Waals surface area (Å²) < 4.78 is 29.3. The summed E-state index contributed by atoms with van der Waals surface area (Å²) in [4.78, 5) is 21.1. The maximum absolute atomic E-state index is 15.6. The second-order valence-electron chi connectivity index (χ2n) is 11.4. The Balaban J connectivity index is 1.27. The number of ether oxygens (including phenoxy) is 2. The second kappa shape index (κ2) is 11.3. The molecule has 8 nitrogen and oxygen atoms in total. The van der Waals surface area contributed by atoms with Crippen LogP contribution in [0.25, 0.3) is 22.3 Å². The number of aromatic carboxylic acids is 1. The first kappa shape index (κ1) is 28.1. The number of nitrogens with zero attached hydrogens (tertiary/aromatic N) is 4. The van der Waals surface area contributed by atoms with Gasteiger partial charge in [-0.15, -0.1) is 0 Å². The Labute approximate surface area is 248 Å². The van der Waals surface area contributed by atoms with Gasteiger partial charge in [-0.2, -0.15) is 5.26 Å². The molecule has 1 N–H and O–H groups in total. The van der Waals surface area contributed by atoms with Crippen LogP contribution >= 0.6 is 0 Å². The molecule has 0 spiro atoms. The standard InChI is InChI=1S/C34H29FN4O4/c1-34(2)20-42-19-30(34)39-29-15-25(33(40)41)12-13-28(29)37-31(39)16-23-10-11-24(14-26(23)35)27-4-3-5-32(38-27)43-18-22-8-6-21(17-36)7-9-22/h3-15,30H,16,18-20H2,1-2H3,(H,40,41). The van der Waals surface area contributed by atoms with E-state index in [4.69, 9.17) is 19.7 Å². The number of carboxylic acids is 1. The van der Waals surface area contributed by atoms with Gasteiger partial charge in [0.05, 0.1) is 53.2 Å². The Kier molecular flexibility index (Phi) is 7.38. The van der Waals surface area contributed by atoms with Crippen molar-refractivity contribution in [1.82, 2.24) is 14.5 Å². The molecule has 1 unspecified atom stereocenters. The Morgan fingerprint density at radius 2 is 1.93 bits per heavy atom. The minimum Gasteiger partial charge on any atom is -0.478 e. The molecule has 0 amide bonds. The molecule has 3 heterocycles. The average Bonchev–Trinajstić information content (AvgIpc) is 3.54. The summed E-state index contributed by atoms with van der Waals surface area (Å²) in [5, 5.41) is 18.6. The summed E-state index contributed by atoms with van der Waals surface area (Å²) in [5.41, 5.74) is 4.42. The number of pyridine rings is 1. The molecule has 43 heavy (non-hydrogen) atoms. The Morgan fingerprint density at radius 1 is 1.12 bits per heavy atom. The van der Waals surface area contributed by atoms with Crippen LogP contribution in [0.4, 0.5) is 4.39 Å². The molecule has 9 heteroatoms. The van der Waals surface area contributed by atoms with Crippen LogP contribution in [-0.4, -0.2) is 38.8 Å². The normalized spacial score (nSPS) is 15.8. The van der Waals surface area contributed by atoms with Crippen molar-refractivity contribution >= 4 is 17.0 Å². The molecular weight excluding hydrogens is 547 g/mol. The highest BCUT2D eigenvalue weighted by Gasteiger charge is 2.39. The van der Waals surface area contributed by atoms with Crippen LogP contribution in [0.2, 0.25) is 0 Å². The van der Waals surface area contributed by atoms with E-state index in [1.54, 1.807) is 48.5 Å². The third kappa shape index (κ3) is 5.70. The Bertz CT molecular complexity index is 1870. The molecule has 3 aromatic carbocycles. The van der Waals surface area contributed by atoms with Gasteiger partial charge in [-0.3, -0.25) is 0 Å². The van der Waals surface area contributed by atoms with Gasteiger partial charge in [0.25, 0.3) is 0 Å². The summed E-state index contributed by atoms with van der Waals surface area (Å²) in [5.74, 6) is -0.363. The molecule has 2 aromatic heterocycles. The van der Waals surface area contributed by atoms with E-state index in [2.05, 4.69) is 24.9 Å². The van der Waals surface area contributed by atoms with Crippen LogP contribution in [0.5, 0.6) is 5.88 Å². The van der Waals surface area contributed by atoms with Crippen LogP contribution in [0, 0.1) is 22.6 Å². The topological polar surface area (TPSA) is 110 Å². The first-order valence-electron chi connectivity index (χ1n) is 13.9. The smallest absolute Gasteiger partial charge is 0.335 e. The summed E-state index contributed by atoms with van der Waals surface area (Å²) in [6.07, 6.45) is 0.219. The van der Waals surface area contributed by atoms with Gasteiger partial charge in [0.15, 0.2) is 0 Å². The van der Waals surface area contributed by atoms with E-state index in [9.17, 15) is 9.90 Å². The monoisotopic (exact) mass is 576 g/mol. The first-order chi connectivity index (χ1) is 20.7. The molecule has 1 fully saturated rings. The lowest BCUT2D eigenvalue weighted by atomic mass is 9.87. The maximum atomic E-state index is 15.6. The second-order valence-corrected chi connectivity index (χ2v) is 11.4. The van der Waals surface area contributed by atoms with Crippen molar-refractivity contribution in [2.24, 2.45) is 5.41 Å². The maximum Gasteiger partial charge on any atom is 0.335 e. The van der Waals surface area contributed by atoms with Crippen LogP contribution in [0.3, 0.4) is 0 Å². The molecular formula is C34H29FN4O4. The first-order valence-corrected chi connectivity index (χ1v) is 13.9. The van der Waals surface area contributed by atoms with E-state index >= 15 is 4.39 Å². The van der Waals surface area contributed by atoms with Crippen LogP contribution in [0.15, 0.2) is 78.9 Å². The minimum atomic E-state index is -1.02. The zero-order chi connectivity index (χ0) is 30.1. The van der Waals surface area contributed by atoms with Gasteiger partial charge in [0.2, 0.25) is 5.88 Å². The van der Waals surface area contributed by atoms with E-state index in [-0.39, 0.29) is 30.0 Å². The number of carboxylic acid groups (broad SMARTS) is 1. The van der Waals surface area contributed by atoms with E-state index in [0.29, 0.717) is 58.3 Å². The molecule has 216 valence electrons. The SMILES string of the molecule is CC1(C)COCC1n1c(Cc2ccc(-c3cccc(OCc4ccc(C#N)cc4)n3)cc2F)nc2ccc(C(=O)O)cc21. The predicted octanol–water partition coefficient (Wildman–Crippen LogP) is 6.57. The zero-order valence-electron chi connectivity index (χ0n) is 23.8. The van der Waals surface area contributed by atoms with Crippen molar-refractivity contribution in [3.63, 3.8) is 0 Å². The van der Waals surface area contributed by atoms with Gasteiger partial charge in [-0.05, 0) is 53.6 Å². The summed E-state index contributed by atoms with van der Waals surface area (Å²) in [6.45, 7) is 5.51. The number of hydrogen-bond acceptors (Lipinski definition) is 6. The van der Waals surface area contributed by atoms with Crippen molar-refractivity contribution in [1.29, 1.82) is 5.26 Å². The van der Waals surface area contributed by atoms with E-state index in [0.717, 1.165) is 5.56 Å². The summed E-state index contributed by atoms with van der Waals surface area (Å²) in [6, 6.07) is 24.4. The van der Waals surface area contributed by atoms with Crippen LogP contribution < -0.4 is 4.74 Å². The van der Waals surface area contributed by atoms with Crippen LogP contribution in [0.1, 0.15) is 52.8 Å². The Morgan fingerprint density at radius 3 is 2.63 bits per heavy atom. The number of aromatic nitrogens is 3. The number of benzene rings is 3. The third-order valence-corrected chi connectivity index (χ3v) is 7.86. The summed E-state index contributed by atoms with van der Waals surface area (Å²) >= 11 is 0. The number of carbonyl (C=O) groups is 1. The molecule has 1 atom stereocenters. The van der Waals surface area contributed by atoms with Gasteiger partial charge in [0.1, 0.15) is 18.2 Å². The third-order valence-electron chi connectivity index (χ3n) is 7.86. The van der Waals surface area contributed by atoms with E-state index < -0.39 is 11.8 Å². The summed E-state index contributed by atoms with van der Waals surface area (Å²) in [7, 11) is 0.